The Bertz CT molecular complexity index is 1280. The largest absolute Gasteiger partial charge is 0.495 e. The van der Waals surface area contributed by atoms with Crippen LogP contribution in [0.5, 0.6) is 5.75 Å². The lowest BCUT2D eigenvalue weighted by Gasteiger charge is -2.13. The maximum atomic E-state index is 13.6. The smallest absolute Gasteiger partial charge is 0.338 e. The minimum atomic E-state index is -4.11. The Hall–Kier alpha value is -3.92. The summed E-state index contributed by atoms with van der Waals surface area (Å²) < 4.78 is 51.9. The van der Waals surface area contributed by atoms with E-state index in [1.54, 1.807) is 24.3 Å². The molecule has 0 aromatic heterocycles. The summed E-state index contributed by atoms with van der Waals surface area (Å²) in [5.41, 5.74) is 1.12. The van der Waals surface area contributed by atoms with Gasteiger partial charge in [0.05, 0.1) is 18.4 Å². The average molecular weight is 472 g/mol. The number of halogens is 1. The van der Waals surface area contributed by atoms with E-state index >= 15 is 0 Å². The van der Waals surface area contributed by atoms with Gasteiger partial charge >= 0.3 is 5.97 Å². The van der Waals surface area contributed by atoms with Crippen LogP contribution in [0.25, 0.3) is 0 Å². The van der Waals surface area contributed by atoms with E-state index in [2.05, 4.69) is 10.0 Å². The quantitative estimate of drug-likeness (QED) is 0.483. The number of nitrogens with one attached hydrogen (secondary N) is 2. The number of esters is 1. The van der Waals surface area contributed by atoms with E-state index in [0.29, 0.717) is 5.69 Å². The van der Waals surface area contributed by atoms with Crippen molar-refractivity contribution in [1.82, 2.24) is 0 Å². The Balaban J connectivity index is 1.74. The van der Waals surface area contributed by atoms with Crippen molar-refractivity contribution < 1.29 is 31.9 Å². The molecule has 3 aromatic rings. The van der Waals surface area contributed by atoms with Gasteiger partial charge in [0, 0.05) is 5.69 Å². The first-order valence-corrected chi connectivity index (χ1v) is 11.2. The van der Waals surface area contributed by atoms with Crippen LogP contribution in [0, 0.1) is 12.7 Å². The Morgan fingerprint density at radius 1 is 1.00 bits per heavy atom. The van der Waals surface area contributed by atoms with E-state index < -0.39 is 34.3 Å². The fraction of sp³-hybridized carbons (Fsp3) is 0.130. The zero-order chi connectivity index (χ0) is 24.0. The van der Waals surface area contributed by atoms with Crippen LogP contribution in [-0.4, -0.2) is 34.0 Å². The Morgan fingerprint density at radius 3 is 2.36 bits per heavy atom. The van der Waals surface area contributed by atoms with Gasteiger partial charge in [-0.25, -0.2) is 17.6 Å². The van der Waals surface area contributed by atoms with Crippen molar-refractivity contribution in [1.29, 1.82) is 0 Å². The summed E-state index contributed by atoms with van der Waals surface area (Å²) in [6.07, 6.45) is 0. The fourth-order valence-electron chi connectivity index (χ4n) is 2.81. The first-order valence-electron chi connectivity index (χ1n) is 9.68. The summed E-state index contributed by atoms with van der Waals surface area (Å²) in [5.74, 6) is -2.31. The topological polar surface area (TPSA) is 111 Å². The summed E-state index contributed by atoms with van der Waals surface area (Å²) in [7, 11) is -2.81. The van der Waals surface area contributed by atoms with E-state index in [4.69, 9.17) is 9.47 Å². The number of hydrogen-bond acceptors (Lipinski definition) is 6. The number of para-hydroxylation sites is 1. The molecule has 0 radical (unpaired) electrons. The number of carbonyl (C=O) groups is 2. The number of rotatable bonds is 8. The Labute approximate surface area is 190 Å². The summed E-state index contributed by atoms with van der Waals surface area (Å²) in [5, 5.41) is 2.29. The molecule has 0 saturated carbocycles. The van der Waals surface area contributed by atoms with Crippen LogP contribution in [0.3, 0.4) is 0 Å². The lowest BCUT2D eigenvalue weighted by molar-refractivity contribution is -0.119. The van der Waals surface area contributed by atoms with Crippen molar-refractivity contribution in [2.45, 2.75) is 11.8 Å². The van der Waals surface area contributed by atoms with E-state index in [-0.39, 0.29) is 21.9 Å². The monoisotopic (exact) mass is 472 g/mol. The van der Waals surface area contributed by atoms with Crippen molar-refractivity contribution in [3.63, 3.8) is 0 Å². The van der Waals surface area contributed by atoms with E-state index in [1.165, 1.54) is 43.5 Å². The predicted molar refractivity (Wildman–Crippen MR) is 120 cm³/mol. The zero-order valence-corrected chi connectivity index (χ0v) is 18.6. The molecule has 0 fully saturated rings. The van der Waals surface area contributed by atoms with Gasteiger partial charge < -0.3 is 14.8 Å². The number of carbonyl (C=O) groups excluding carboxylic acids is 2. The minimum Gasteiger partial charge on any atom is -0.495 e. The Kier molecular flexibility index (Phi) is 7.29. The average Bonchev–Trinajstić information content (AvgIpc) is 2.80. The second-order valence-corrected chi connectivity index (χ2v) is 8.59. The fourth-order valence-corrected chi connectivity index (χ4v) is 4.06. The lowest BCUT2D eigenvalue weighted by Crippen LogP contribution is -2.21. The van der Waals surface area contributed by atoms with E-state index in [9.17, 15) is 22.4 Å². The van der Waals surface area contributed by atoms with Gasteiger partial charge in [-0.15, -0.1) is 0 Å². The number of hydrogen-bond donors (Lipinski definition) is 2. The molecule has 3 aromatic carbocycles. The number of benzene rings is 3. The van der Waals surface area contributed by atoms with Gasteiger partial charge in [0.1, 0.15) is 16.5 Å². The van der Waals surface area contributed by atoms with Crippen molar-refractivity contribution in [3.8, 4) is 5.75 Å². The first kappa shape index (κ1) is 23.7. The third-order valence-electron chi connectivity index (χ3n) is 4.47. The van der Waals surface area contributed by atoms with Gasteiger partial charge in [0.25, 0.3) is 15.9 Å². The normalized spacial score (nSPS) is 10.9. The SMILES string of the molecule is COc1ccc(C(=O)OCC(=O)Nc2ccccc2F)cc1S(=O)(=O)Nc1ccc(C)cc1. The number of ether oxygens (including phenoxy) is 2. The van der Waals surface area contributed by atoms with Crippen LogP contribution >= 0.6 is 0 Å². The summed E-state index contributed by atoms with van der Waals surface area (Å²) in [6.45, 7) is 1.18. The molecular formula is C23H21FN2O6S. The van der Waals surface area contributed by atoms with Crippen LogP contribution in [-0.2, 0) is 19.6 Å². The highest BCUT2D eigenvalue weighted by molar-refractivity contribution is 7.92. The third-order valence-corrected chi connectivity index (χ3v) is 5.88. The summed E-state index contributed by atoms with van der Waals surface area (Å²) >= 11 is 0. The number of sulfonamides is 1. The summed E-state index contributed by atoms with van der Waals surface area (Å²) in [4.78, 5) is 24.1. The second-order valence-electron chi connectivity index (χ2n) is 6.94. The molecule has 1 amide bonds. The number of amides is 1. The molecule has 172 valence electrons. The molecule has 0 bridgehead atoms. The molecule has 0 heterocycles. The summed E-state index contributed by atoms with van der Waals surface area (Å²) in [6, 6.07) is 15.9. The van der Waals surface area contributed by atoms with Gasteiger partial charge in [-0.3, -0.25) is 9.52 Å². The van der Waals surface area contributed by atoms with Crippen LogP contribution in [0.15, 0.2) is 71.6 Å². The molecular weight excluding hydrogens is 451 g/mol. The number of methoxy groups -OCH3 is 1. The van der Waals surface area contributed by atoms with E-state index in [1.807, 2.05) is 6.92 Å². The highest BCUT2D eigenvalue weighted by atomic mass is 32.2. The second kappa shape index (κ2) is 10.1. The molecule has 0 aliphatic carbocycles. The van der Waals surface area contributed by atoms with Crippen LogP contribution in [0.4, 0.5) is 15.8 Å². The highest BCUT2D eigenvalue weighted by Crippen LogP contribution is 2.27. The number of aryl methyl sites for hydroxylation is 1. The van der Waals surface area contributed by atoms with Crippen LogP contribution in [0.2, 0.25) is 0 Å². The van der Waals surface area contributed by atoms with Crippen LogP contribution < -0.4 is 14.8 Å². The van der Waals surface area contributed by atoms with E-state index in [0.717, 1.165) is 11.6 Å². The molecule has 0 aliphatic rings. The van der Waals surface area contributed by atoms with Gasteiger partial charge in [0.15, 0.2) is 6.61 Å². The van der Waals surface area contributed by atoms with Crippen molar-refractivity contribution in [2.24, 2.45) is 0 Å². The molecule has 0 aliphatic heterocycles. The van der Waals surface area contributed by atoms with Crippen molar-refractivity contribution in [3.05, 3.63) is 83.7 Å². The molecule has 0 spiro atoms. The van der Waals surface area contributed by atoms with Gasteiger partial charge in [-0.1, -0.05) is 29.8 Å². The molecule has 0 saturated heterocycles. The van der Waals surface area contributed by atoms with Gasteiger partial charge in [-0.05, 0) is 49.4 Å². The standard InChI is InChI=1S/C23H21FN2O6S/c1-15-7-10-17(11-8-15)26-33(29,30)21-13-16(9-12-20(21)31-2)23(28)32-14-22(27)25-19-6-4-3-5-18(19)24/h3-13,26H,14H2,1-2H3,(H,25,27). The molecule has 3 rings (SSSR count). The predicted octanol–water partition coefficient (Wildman–Crippen LogP) is 3.74. The highest BCUT2D eigenvalue weighted by Gasteiger charge is 2.23. The maximum absolute atomic E-state index is 13.6. The molecule has 0 atom stereocenters. The number of anilines is 2. The third kappa shape index (κ3) is 6.07. The minimum absolute atomic E-state index is 0.0171. The van der Waals surface area contributed by atoms with Gasteiger partial charge in [-0.2, -0.15) is 0 Å². The zero-order valence-electron chi connectivity index (χ0n) is 17.8. The molecule has 0 unspecified atom stereocenters. The molecule has 8 nitrogen and oxygen atoms in total. The Morgan fingerprint density at radius 2 is 1.70 bits per heavy atom. The molecule has 10 heteroatoms. The molecule has 2 N–H and O–H groups in total. The van der Waals surface area contributed by atoms with Crippen molar-refractivity contribution in [2.75, 3.05) is 23.8 Å². The lowest BCUT2D eigenvalue weighted by atomic mass is 10.2. The van der Waals surface area contributed by atoms with Crippen LogP contribution in [0.1, 0.15) is 15.9 Å². The molecule has 33 heavy (non-hydrogen) atoms. The van der Waals surface area contributed by atoms with Gasteiger partial charge in [0.2, 0.25) is 0 Å². The van der Waals surface area contributed by atoms with Crippen molar-refractivity contribution >= 4 is 33.3 Å². The first-order chi connectivity index (χ1) is 15.7. The maximum Gasteiger partial charge on any atom is 0.338 e.